The molecule has 0 N–H and O–H groups in total. The van der Waals surface area contributed by atoms with Crippen LogP contribution in [0.3, 0.4) is 0 Å². The Hall–Kier alpha value is 1.20. The van der Waals surface area contributed by atoms with Crippen LogP contribution in [0.4, 0.5) is 0 Å². The van der Waals surface area contributed by atoms with Crippen LogP contribution in [-0.2, 0) is 29.3 Å². The molecule has 0 unspecified atom stereocenters. The molecule has 0 spiro atoms. The average Bonchev–Trinajstić information content (AvgIpc) is 2.51. The maximum absolute atomic E-state index is 5.45. The first kappa shape index (κ1) is 21.5. The van der Waals surface area contributed by atoms with E-state index in [1.807, 2.05) is 0 Å². The molecule has 0 radical (unpaired) electrons. The number of hydrogen-bond acceptors (Lipinski definition) is 2. The summed E-state index contributed by atoms with van der Waals surface area (Å²) in [6, 6.07) is 0. The number of hydrogen-bond donors (Lipinski definition) is 0. The number of allylic oxidation sites excluding steroid dienone is 4. The predicted molar refractivity (Wildman–Crippen MR) is 68.2 cm³/mol. The van der Waals surface area contributed by atoms with Crippen LogP contribution < -0.4 is 0 Å². The zero-order valence-electron chi connectivity index (χ0n) is 8.90. The van der Waals surface area contributed by atoms with Crippen molar-refractivity contribution in [3.63, 3.8) is 0 Å². The Bertz CT molecular complexity index is 242. The van der Waals surface area contributed by atoms with Gasteiger partial charge in [-0.25, -0.2) is 0 Å². The molecular formula is C8H16Cl3O2SiTi. The van der Waals surface area contributed by atoms with Gasteiger partial charge in [-0.2, -0.15) is 0 Å². The third-order valence-electron chi connectivity index (χ3n) is 2.20. The first-order valence-electron chi connectivity index (χ1n) is 3.86. The first-order valence-corrected chi connectivity index (χ1v) is 6.96. The van der Waals surface area contributed by atoms with Gasteiger partial charge in [-0.1, -0.05) is 0 Å². The van der Waals surface area contributed by atoms with Gasteiger partial charge in [0.1, 0.15) is 0 Å². The fourth-order valence-corrected chi connectivity index (χ4v) is 4.29. The van der Waals surface area contributed by atoms with E-state index in [0.29, 0.717) is 0 Å². The molecule has 7 heteroatoms. The monoisotopic (exact) mass is 325 g/mol. The van der Waals surface area contributed by atoms with E-state index in [1.165, 1.54) is 9.07 Å². The minimum absolute atomic E-state index is 0. The van der Waals surface area contributed by atoms with Gasteiger partial charge in [0.15, 0.2) is 0 Å². The van der Waals surface area contributed by atoms with Gasteiger partial charge in [0.25, 0.3) is 0 Å². The van der Waals surface area contributed by atoms with Crippen LogP contribution >= 0.6 is 37.2 Å². The number of halogens is 3. The van der Waals surface area contributed by atoms with E-state index in [-0.39, 0.29) is 37.2 Å². The number of rotatable bonds is 3. The van der Waals surface area contributed by atoms with Crippen LogP contribution in [-0.4, -0.2) is 22.8 Å². The molecule has 0 saturated heterocycles. The third-order valence-corrected chi connectivity index (χ3v) is 6.33. The van der Waals surface area contributed by atoms with Crippen LogP contribution in [0.1, 0.15) is 6.42 Å². The molecule has 2 nitrogen and oxygen atoms in total. The molecule has 0 aliphatic heterocycles. The Morgan fingerprint density at radius 3 is 1.93 bits per heavy atom. The molecule has 0 bridgehead atoms. The summed E-state index contributed by atoms with van der Waals surface area (Å²) in [6.45, 7) is 2.07. The van der Waals surface area contributed by atoms with Crippen molar-refractivity contribution < 1.29 is 29.3 Å². The maximum atomic E-state index is 5.45. The van der Waals surface area contributed by atoms with Gasteiger partial charge in [-0.3, -0.25) is 0 Å². The van der Waals surface area contributed by atoms with Gasteiger partial charge >= 0.3 is 86.3 Å². The zero-order chi connectivity index (χ0) is 9.19. The quantitative estimate of drug-likeness (QED) is 0.743. The molecule has 0 fully saturated rings. The third kappa shape index (κ3) is 4.92. The van der Waals surface area contributed by atoms with Crippen molar-refractivity contribution >= 4 is 45.8 Å². The predicted octanol–water partition coefficient (Wildman–Crippen LogP) is 2.92. The SMILES string of the molecule is CO[Si](C)(OC)C1=[C]([Ti])CC=C1.Cl.Cl.Cl. The molecular weight excluding hydrogens is 310 g/mol. The van der Waals surface area contributed by atoms with E-state index in [1.54, 1.807) is 14.2 Å². The molecule has 0 atom stereocenters. The molecule has 15 heavy (non-hydrogen) atoms. The smallest absolute Gasteiger partial charge is 0.147 e. The first-order chi connectivity index (χ1) is 5.64. The van der Waals surface area contributed by atoms with Crippen LogP contribution in [0, 0.1) is 0 Å². The standard InChI is InChI=1S/C8H13O2Si.3ClH.Ti/c1-9-11(3,10-2)8-6-4-5-7-8;;;;/h4,6H,5H2,1-3H3;3*1H;. The average molecular weight is 327 g/mol. The van der Waals surface area contributed by atoms with Crippen molar-refractivity contribution in [3.8, 4) is 0 Å². The van der Waals surface area contributed by atoms with E-state index in [9.17, 15) is 0 Å². The van der Waals surface area contributed by atoms with Crippen LogP contribution in [0.15, 0.2) is 21.2 Å². The van der Waals surface area contributed by atoms with Gasteiger partial charge < -0.3 is 0 Å². The minimum Gasteiger partial charge on any atom is -0.147 e. The van der Waals surface area contributed by atoms with Gasteiger partial charge in [0.2, 0.25) is 0 Å². The van der Waals surface area contributed by atoms with Crippen molar-refractivity contribution in [2.24, 2.45) is 0 Å². The summed E-state index contributed by atoms with van der Waals surface area (Å²) in [5, 5.41) is 1.28. The summed E-state index contributed by atoms with van der Waals surface area (Å²) in [6.07, 6.45) is 5.34. The Morgan fingerprint density at radius 1 is 1.20 bits per heavy atom. The minimum atomic E-state index is -2.03. The van der Waals surface area contributed by atoms with Gasteiger partial charge in [0, 0.05) is 0 Å². The van der Waals surface area contributed by atoms with Crippen LogP contribution in [0.2, 0.25) is 6.55 Å². The molecule has 1 aliphatic carbocycles. The van der Waals surface area contributed by atoms with E-state index in [2.05, 4.69) is 39.1 Å². The molecule has 1 rings (SSSR count). The normalized spacial score (nSPS) is 14.0. The molecule has 0 amide bonds. The van der Waals surface area contributed by atoms with Crippen LogP contribution in [0.25, 0.3) is 0 Å². The van der Waals surface area contributed by atoms with Gasteiger partial charge in [-0.15, -0.1) is 37.2 Å². The fraction of sp³-hybridized carbons (Fsp3) is 0.500. The van der Waals surface area contributed by atoms with E-state index in [4.69, 9.17) is 8.85 Å². The van der Waals surface area contributed by atoms with Gasteiger partial charge in [0.05, 0.1) is 0 Å². The zero-order valence-corrected chi connectivity index (χ0v) is 13.9. The summed E-state index contributed by atoms with van der Waals surface area (Å²) in [5.41, 5.74) is 0. The molecule has 0 aromatic carbocycles. The summed E-state index contributed by atoms with van der Waals surface area (Å²) in [7, 11) is 1.41. The molecule has 0 saturated carbocycles. The van der Waals surface area contributed by atoms with Gasteiger partial charge in [-0.05, 0) is 0 Å². The summed E-state index contributed by atoms with van der Waals surface area (Å²) >= 11 is 2.14. The Labute approximate surface area is 123 Å². The molecule has 0 heterocycles. The van der Waals surface area contributed by atoms with Crippen molar-refractivity contribution in [2.45, 2.75) is 13.0 Å². The molecule has 0 aromatic rings. The van der Waals surface area contributed by atoms with Crippen molar-refractivity contribution in [2.75, 3.05) is 14.2 Å². The van der Waals surface area contributed by atoms with Crippen LogP contribution in [0.5, 0.6) is 0 Å². The van der Waals surface area contributed by atoms with E-state index in [0.717, 1.165) is 6.42 Å². The second-order valence-electron chi connectivity index (χ2n) is 2.85. The topological polar surface area (TPSA) is 18.5 Å². The largest absolute Gasteiger partial charge is 0.147 e. The molecule has 0 aromatic heterocycles. The van der Waals surface area contributed by atoms with E-state index >= 15 is 0 Å². The fourth-order valence-electron chi connectivity index (χ4n) is 1.23. The maximum Gasteiger partial charge on any atom is -0.147 e. The summed E-state index contributed by atoms with van der Waals surface area (Å²) in [4.78, 5) is 0. The second-order valence-corrected chi connectivity index (χ2v) is 7.04. The Kier molecular flexibility index (Phi) is 13.3. The molecule has 1 aliphatic rings. The van der Waals surface area contributed by atoms with Crippen molar-refractivity contribution in [1.29, 1.82) is 0 Å². The summed E-state index contributed by atoms with van der Waals surface area (Å²) in [5.74, 6) is 0. The van der Waals surface area contributed by atoms with Crippen molar-refractivity contribution in [1.82, 2.24) is 0 Å². The summed E-state index contributed by atoms with van der Waals surface area (Å²) < 4.78 is 12.3. The van der Waals surface area contributed by atoms with E-state index < -0.39 is 8.56 Å². The molecule has 89 valence electrons. The second kappa shape index (κ2) is 9.25. The Balaban J connectivity index is -0.000000480. The Morgan fingerprint density at radius 2 is 1.67 bits per heavy atom. The van der Waals surface area contributed by atoms with Crippen molar-refractivity contribution in [3.05, 3.63) is 21.2 Å².